The summed E-state index contributed by atoms with van der Waals surface area (Å²) in [6.45, 7) is 0. The first-order chi connectivity index (χ1) is 34.3. The molecule has 0 N–H and O–H groups in total. The van der Waals surface area contributed by atoms with Crippen molar-refractivity contribution in [3.05, 3.63) is 289 Å². The SMILES string of the molecule is c1ccc(-c2ccc(-c3ccc(N(c4ccccc4-c4ccc(-c5ccccc5)cc4)c4cccc5c4-c4ccccc4C54c5ccccc5-n5c6ccccc6c6cccc4c65)cc3)cc2)cc1. The summed E-state index contributed by atoms with van der Waals surface area (Å²) in [7, 11) is 0. The molecule has 2 nitrogen and oxygen atoms in total. The third-order valence-electron chi connectivity index (χ3n) is 14.8. The van der Waals surface area contributed by atoms with Crippen molar-refractivity contribution in [2.75, 3.05) is 4.90 Å². The maximum absolute atomic E-state index is 2.52. The van der Waals surface area contributed by atoms with Gasteiger partial charge in [-0.3, -0.25) is 0 Å². The fourth-order valence-electron chi connectivity index (χ4n) is 11.9. The largest absolute Gasteiger partial charge is 0.309 e. The average molecular weight is 877 g/mol. The highest BCUT2D eigenvalue weighted by Crippen LogP contribution is 2.63. The molecule has 14 rings (SSSR count). The van der Waals surface area contributed by atoms with Crippen LogP contribution in [0.15, 0.2) is 267 Å². The molecule has 12 aromatic rings. The quantitative estimate of drug-likeness (QED) is 0.155. The van der Waals surface area contributed by atoms with Gasteiger partial charge in [0.05, 0.1) is 33.5 Å². The average Bonchev–Trinajstić information content (AvgIpc) is 3.93. The first kappa shape index (κ1) is 39.2. The summed E-state index contributed by atoms with van der Waals surface area (Å²) in [6, 6.07) is 98.6. The number of fused-ring (bicyclic) bond motifs is 12. The van der Waals surface area contributed by atoms with E-state index in [0.29, 0.717) is 0 Å². The van der Waals surface area contributed by atoms with E-state index in [1.165, 1.54) is 94.3 Å². The summed E-state index contributed by atoms with van der Waals surface area (Å²) in [4.78, 5) is 2.52. The lowest BCUT2D eigenvalue weighted by molar-refractivity contribution is 0.748. The minimum absolute atomic E-state index is 0.573. The van der Waals surface area contributed by atoms with E-state index in [1.54, 1.807) is 0 Å². The summed E-state index contributed by atoms with van der Waals surface area (Å²) >= 11 is 0. The van der Waals surface area contributed by atoms with Gasteiger partial charge in [-0.1, -0.05) is 231 Å². The molecule has 2 heterocycles. The Morgan fingerprint density at radius 1 is 0.290 bits per heavy atom. The highest BCUT2D eigenvalue weighted by atomic mass is 15.1. The number of para-hydroxylation sites is 4. The molecule has 322 valence electrons. The van der Waals surface area contributed by atoms with Crippen LogP contribution in [-0.4, -0.2) is 4.57 Å². The van der Waals surface area contributed by atoms with Gasteiger partial charge < -0.3 is 9.47 Å². The summed E-state index contributed by atoms with van der Waals surface area (Å²) in [5.74, 6) is 0. The Morgan fingerprint density at radius 3 is 1.45 bits per heavy atom. The number of aromatic nitrogens is 1. The van der Waals surface area contributed by atoms with Crippen LogP contribution in [0, 0.1) is 0 Å². The van der Waals surface area contributed by atoms with Crippen molar-refractivity contribution in [1.29, 1.82) is 0 Å². The molecule has 69 heavy (non-hydrogen) atoms. The summed E-state index contributed by atoms with van der Waals surface area (Å²) in [6.07, 6.45) is 0. The third-order valence-corrected chi connectivity index (χ3v) is 14.8. The molecule has 0 radical (unpaired) electrons. The molecule has 1 spiro atoms. The topological polar surface area (TPSA) is 8.17 Å². The predicted molar refractivity (Wildman–Crippen MR) is 288 cm³/mol. The van der Waals surface area contributed by atoms with Gasteiger partial charge in [-0.05, 0) is 103 Å². The Bertz CT molecular complexity index is 3920. The van der Waals surface area contributed by atoms with Crippen molar-refractivity contribution in [3.63, 3.8) is 0 Å². The van der Waals surface area contributed by atoms with E-state index < -0.39 is 5.41 Å². The first-order valence-corrected chi connectivity index (χ1v) is 23.9. The zero-order valence-electron chi connectivity index (χ0n) is 37.8. The molecule has 0 amide bonds. The highest BCUT2D eigenvalue weighted by Gasteiger charge is 2.51. The third kappa shape index (κ3) is 5.86. The van der Waals surface area contributed by atoms with E-state index in [9.17, 15) is 0 Å². The van der Waals surface area contributed by atoms with Crippen LogP contribution >= 0.6 is 0 Å². The zero-order chi connectivity index (χ0) is 45.5. The smallest absolute Gasteiger partial charge is 0.0755 e. The van der Waals surface area contributed by atoms with E-state index in [0.717, 1.165) is 28.2 Å². The molecule has 2 heteroatoms. The lowest BCUT2D eigenvalue weighted by atomic mass is 9.65. The van der Waals surface area contributed by atoms with Crippen molar-refractivity contribution in [1.82, 2.24) is 4.57 Å². The Balaban J connectivity index is 0.998. The fraction of sp³-hybridized carbons (Fsp3) is 0.0149. The zero-order valence-corrected chi connectivity index (χ0v) is 37.8. The predicted octanol–water partition coefficient (Wildman–Crippen LogP) is 17.6. The van der Waals surface area contributed by atoms with Crippen LogP contribution in [0.3, 0.4) is 0 Å². The number of hydrogen-bond acceptors (Lipinski definition) is 1. The number of rotatable bonds is 7. The number of hydrogen-bond donors (Lipinski definition) is 0. The van der Waals surface area contributed by atoms with E-state index in [2.05, 4.69) is 276 Å². The molecule has 1 unspecified atom stereocenters. The molecule has 0 saturated carbocycles. The second-order valence-electron chi connectivity index (χ2n) is 18.4. The molecular weight excluding hydrogens is 833 g/mol. The van der Waals surface area contributed by atoms with Gasteiger partial charge in [0.2, 0.25) is 0 Å². The van der Waals surface area contributed by atoms with Crippen LogP contribution in [0.25, 0.3) is 83.1 Å². The maximum Gasteiger partial charge on any atom is 0.0755 e. The van der Waals surface area contributed by atoms with Crippen molar-refractivity contribution < 1.29 is 0 Å². The van der Waals surface area contributed by atoms with Gasteiger partial charge in [0, 0.05) is 27.6 Å². The van der Waals surface area contributed by atoms with Crippen LogP contribution in [0.2, 0.25) is 0 Å². The van der Waals surface area contributed by atoms with Crippen molar-refractivity contribution >= 4 is 38.9 Å². The number of benzene rings is 11. The second kappa shape index (κ2) is 15.6. The maximum atomic E-state index is 2.52. The van der Waals surface area contributed by atoms with Gasteiger partial charge in [0.1, 0.15) is 0 Å². The Morgan fingerprint density at radius 2 is 0.754 bits per heavy atom. The minimum atomic E-state index is -0.573. The van der Waals surface area contributed by atoms with Gasteiger partial charge in [-0.25, -0.2) is 0 Å². The summed E-state index contributed by atoms with van der Waals surface area (Å²) in [5, 5.41) is 2.55. The molecule has 0 bridgehead atoms. The van der Waals surface area contributed by atoms with E-state index in [-0.39, 0.29) is 0 Å². The molecule has 1 atom stereocenters. The summed E-state index contributed by atoms with van der Waals surface area (Å²) in [5.41, 5.74) is 23.7. The molecule has 0 fully saturated rings. The van der Waals surface area contributed by atoms with Gasteiger partial charge >= 0.3 is 0 Å². The standard InChI is InChI=1S/C67H44N2/c1-3-17-45(18-4-1)47-33-35-49(36-34-47)50-41-43-52(44-42-50)68(61-29-12-8-21-53(61)51-39-37-48(38-40-51)46-19-5-2-6-20-46)64-32-16-27-59-65(64)56-23-7-10-25-57(56)67(59)58-26-11-14-31-63(58)69-62-30-13-9-22-54(62)55-24-15-28-60(67)66(55)69/h1-44H. The van der Waals surface area contributed by atoms with Crippen LogP contribution in [0.1, 0.15) is 22.3 Å². The van der Waals surface area contributed by atoms with Gasteiger partial charge in [-0.15, -0.1) is 0 Å². The van der Waals surface area contributed by atoms with Crippen LogP contribution in [0.4, 0.5) is 17.1 Å². The van der Waals surface area contributed by atoms with Crippen LogP contribution in [-0.2, 0) is 5.41 Å². The van der Waals surface area contributed by atoms with Crippen molar-refractivity contribution in [3.8, 4) is 61.3 Å². The van der Waals surface area contributed by atoms with Crippen molar-refractivity contribution in [2.45, 2.75) is 5.41 Å². The monoisotopic (exact) mass is 876 g/mol. The highest BCUT2D eigenvalue weighted by molar-refractivity contribution is 6.13. The molecule has 0 saturated heterocycles. The lowest BCUT2D eigenvalue weighted by Gasteiger charge is -2.39. The van der Waals surface area contributed by atoms with E-state index in [4.69, 9.17) is 0 Å². The fourth-order valence-corrected chi connectivity index (χ4v) is 11.9. The number of nitrogens with zero attached hydrogens (tertiary/aromatic N) is 2. The van der Waals surface area contributed by atoms with E-state index >= 15 is 0 Å². The molecule has 1 aliphatic heterocycles. The van der Waals surface area contributed by atoms with E-state index in [1.807, 2.05) is 0 Å². The summed E-state index contributed by atoms with van der Waals surface area (Å²) < 4.78 is 2.52. The Hall–Kier alpha value is -8.98. The Labute approximate surface area is 402 Å². The van der Waals surface area contributed by atoms with Gasteiger partial charge in [0.25, 0.3) is 0 Å². The second-order valence-corrected chi connectivity index (χ2v) is 18.4. The molecular formula is C67H44N2. The minimum Gasteiger partial charge on any atom is -0.309 e. The van der Waals surface area contributed by atoms with Crippen molar-refractivity contribution in [2.24, 2.45) is 0 Å². The normalized spacial score (nSPS) is 14.1. The van der Waals surface area contributed by atoms with Gasteiger partial charge in [-0.2, -0.15) is 0 Å². The van der Waals surface area contributed by atoms with Crippen LogP contribution in [0.5, 0.6) is 0 Å². The lowest BCUT2D eigenvalue weighted by Crippen LogP contribution is -2.33. The van der Waals surface area contributed by atoms with Crippen LogP contribution < -0.4 is 4.90 Å². The molecule has 1 aromatic heterocycles. The number of anilines is 3. The molecule has 11 aromatic carbocycles. The first-order valence-electron chi connectivity index (χ1n) is 23.9. The van der Waals surface area contributed by atoms with Gasteiger partial charge in [0.15, 0.2) is 0 Å². The molecule has 2 aliphatic rings. The molecule has 1 aliphatic carbocycles. The Kier molecular flexibility index (Phi) is 8.84.